The second-order valence-corrected chi connectivity index (χ2v) is 10.7. The summed E-state index contributed by atoms with van der Waals surface area (Å²) in [5.41, 5.74) is -6.07. The van der Waals surface area contributed by atoms with Crippen molar-refractivity contribution < 1.29 is 39.9 Å². The largest absolute Gasteiger partial charge is 0.430 e. The van der Waals surface area contributed by atoms with Crippen LogP contribution in [-0.2, 0) is 15.6 Å². The molecule has 1 heterocycles. The molecule has 182 valence electrons. The van der Waals surface area contributed by atoms with Gasteiger partial charge in [-0.25, -0.2) is 8.42 Å². The Hall–Kier alpha value is -1.48. The van der Waals surface area contributed by atoms with Gasteiger partial charge in [0.25, 0.3) is 5.60 Å². The first-order valence-electron chi connectivity index (χ1n) is 9.41. The van der Waals surface area contributed by atoms with Gasteiger partial charge in [-0.3, -0.25) is 0 Å². The van der Waals surface area contributed by atoms with Crippen LogP contribution >= 0.6 is 28.1 Å². The van der Waals surface area contributed by atoms with Gasteiger partial charge < -0.3 is 10.0 Å². The van der Waals surface area contributed by atoms with Gasteiger partial charge in [0.05, 0.1) is 4.91 Å². The van der Waals surface area contributed by atoms with E-state index in [4.69, 9.17) is 12.2 Å². The fourth-order valence-corrected chi connectivity index (χ4v) is 6.07. The zero-order valence-corrected chi connectivity index (χ0v) is 19.8. The number of sulfonamides is 1. The van der Waals surface area contributed by atoms with Crippen LogP contribution in [0.25, 0.3) is 0 Å². The minimum Gasteiger partial charge on any atom is -0.369 e. The third-order valence-corrected chi connectivity index (χ3v) is 8.39. The van der Waals surface area contributed by atoms with Gasteiger partial charge in [0.15, 0.2) is 0 Å². The monoisotopic (exact) mass is 578 g/mol. The number of halogens is 7. The highest BCUT2D eigenvalue weighted by Crippen LogP contribution is 2.50. The van der Waals surface area contributed by atoms with Gasteiger partial charge in [0, 0.05) is 53.2 Å². The van der Waals surface area contributed by atoms with Crippen molar-refractivity contribution >= 4 is 48.7 Å². The molecule has 0 amide bonds. The van der Waals surface area contributed by atoms with Crippen LogP contribution < -0.4 is 4.90 Å². The lowest BCUT2D eigenvalue weighted by Gasteiger charge is -2.36. The molecule has 1 aliphatic carbocycles. The zero-order valence-electron chi connectivity index (χ0n) is 16.6. The predicted octanol–water partition coefficient (Wildman–Crippen LogP) is 4.39. The maximum Gasteiger partial charge on any atom is 0.430 e. The molecule has 0 saturated carbocycles. The first-order chi connectivity index (χ1) is 15.1. The summed E-state index contributed by atoms with van der Waals surface area (Å²) in [6.45, 7) is 0.387. The average Bonchev–Trinajstić information content (AvgIpc) is 2.73. The molecule has 0 bridgehead atoms. The van der Waals surface area contributed by atoms with Crippen molar-refractivity contribution in [2.75, 3.05) is 31.1 Å². The van der Waals surface area contributed by atoms with Crippen LogP contribution in [0, 0.1) is 0 Å². The number of allylic oxidation sites excluding steroid dienone is 4. The Morgan fingerprint density at radius 2 is 1.45 bits per heavy atom. The van der Waals surface area contributed by atoms with Crippen LogP contribution in [0.15, 0.2) is 45.8 Å². The topological polar surface area (TPSA) is 60.9 Å². The number of anilines is 1. The summed E-state index contributed by atoms with van der Waals surface area (Å²) < 4.78 is 106. The Morgan fingerprint density at radius 1 is 0.939 bits per heavy atom. The van der Waals surface area contributed by atoms with Gasteiger partial charge in [0.2, 0.25) is 10.0 Å². The van der Waals surface area contributed by atoms with E-state index < -0.39 is 33.5 Å². The summed E-state index contributed by atoms with van der Waals surface area (Å²) in [7, 11) is -3.86. The maximum atomic E-state index is 13.0. The molecule has 1 fully saturated rings. The van der Waals surface area contributed by atoms with Crippen molar-refractivity contribution in [3.63, 3.8) is 0 Å². The molecule has 1 saturated heterocycles. The summed E-state index contributed by atoms with van der Waals surface area (Å²) in [5, 5.41) is 9.48. The SMILES string of the molecule is O=S(=O)(C1=CC(Br)=CCC1=S)N1CCN(c2ccc(C(O)(C(F)(F)F)C(F)(F)F)cc2)CC1. The van der Waals surface area contributed by atoms with Crippen molar-refractivity contribution in [1.82, 2.24) is 4.31 Å². The molecule has 0 unspecified atom stereocenters. The maximum absolute atomic E-state index is 13.0. The highest BCUT2D eigenvalue weighted by Gasteiger charge is 2.71. The van der Waals surface area contributed by atoms with Crippen LogP contribution in [0.1, 0.15) is 12.0 Å². The van der Waals surface area contributed by atoms with E-state index in [9.17, 15) is 39.9 Å². The molecule has 3 rings (SSSR count). The van der Waals surface area contributed by atoms with Crippen molar-refractivity contribution in [2.45, 2.75) is 24.4 Å². The molecule has 33 heavy (non-hydrogen) atoms. The smallest absolute Gasteiger partial charge is 0.369 e. The number of aliphatic hydroxyl groups is 1. The normalized spacial score (nSPS) is 19.4. The molecule has 2 aliphatic rings. The second kappa shape index (κ2) is 8.95. The molecular weight excluding hydrogens is 562 g/mol. The van der Waals surface area contributed by atoms with Gasteiger partial charge in [0.1, 0.15) is 0 Å². The third kappa shape index (κ3) is 4.85. The standard InChI is InChI=1S/C19H17BrF6N2O3S2/c20-13-3-6-15(32)16(11-13)33(30,31)28-9-7-27(8-10-28)14-4-1-12(2-5-14)17(29,18(21,22)23)19(24,25)26/h1-5,11,29H,6-10H2. The molecule has 1 aromatic carbocycles. The lowest BCUT2D eigenvalue weighted by atomic mass is 9.92. The van der Waals surface area contributed by atoms with Crippen molar-refractivity contribution in [2.24, 2.45) is 0 Å². The predicted molar refractivity (Wildman–Crippen MR) is 117 cm³/mol. The van der Waals surface area contributed by atoms with E-state index in [1.807, 2.05) is 0 Å². The first kappa shape index (κ1) is 26.1. The van der Waals surface area contributed by atoms with E-state index in [2.05, 4.69) is 15.9 Å². The molecule has 0 atom stereocenters. The zero-order chi connectivity index (χ0) is 24.8. The summed E-state index contributed by atoms with van der Waals surface area (Å²) in [6, 6.07) is 3.19. The van der Waals surface area contributed by atoms with E-state index in [1.165, 1.54) is 10.4 Å². The van der Waals surface area contributed by atoms with Gasteiger partial charge >= 0.3 is 12.4 Å². The van der Waals surface area contributed by atoms with Crippen LogP contribution in [0.2, 0.25) is 0 Å². The molecule has 1 aromatic rings. The van der Waals surface area contributed by atoms with Gasteiger partial charge in [-0.1, -0.05) is 46.4 Å². The fourth-order valence-electron chi connectivity index (χ4n) is 3.50. The number of nitrogens with zero attached hydrogens (tertiary/aromatic N) is 2. The molecule has 0 aromatic heterocycles. The number of hydrogen-bond acceptors (Lipinski definition) is 5. The molecule has 0 radical (unpaired) electrons. The number of piperazine rings is 1. The van der Waals surface area contributed by atoms with Gasteiger partial charge in [-0.15, -0.1) is 0 Å². The number of rotatable bonds is 4. The van der Waals surface area contributed by atoms with E-state index >= 15 is 0 Å². The van der Waals surface area contributed by atoms with E-state index in [0.717, 1.165) is 12.1 Å². The van der Waals surface area contributed by atoms with Crippen molar-refractivity contribution in [3.8, 4) is 0 Å². The quantitative estimate of drug-likeness (QED) is 0.424. The first-order valence-corrected chi connectivity index (χ1v) is 12.0. The lowest BCUT2D eigenvalue weighted by Crippen LogP contribution is -2.54. The van der Waals surface area contributed by atoms with Gasteiger partial charge in [-0.2, -0.15) is 30.6 Å². The Balaban J connectivity index is 1.76. The van der Waals surface area contributed by atoms with Crippen LogP contribution in [0.3, 0.4) is 0 Å². The number of thiocarbonyl (C=S) groups is 1. The molecule has 0 spiro atoms. The average molecular weight is 579 g/mol. The van der Waals surface area contributed by atoms with Crippen LogP contribution in [0.5, 0.6) is 0 Å². The van der Waals surface area contributed by atoms with Crippen molar-refractivity contribution in [3.05, 3.63) is 51.4 Å². The molecule has 1 aliphatic heterocycles. The van der Waals surface area contributed by atoms with E-state index in [-0.39, 0.29) is 35.9 Å². The van der Waals surface area contributed by atoms with Gasteiger partial charge in [-0.05, 0) is 18.2 Å². The summed E-state index contributed by atoms with van der Waals surface area (Å²) in [5.74, 6) is 0. The minimum absolute atomic E-state index is 0.0169. The highest BCUT2D eigenvalue weighted by atomic mass is 79.9. The second-order valence-electron chi connectivity index (χ2n) is 7.37. The molecule has 1 N–H and O–H groups in total. The Labute approximate surface area is 199 Å². The summed E-state index contributed by atoms with van der Waals surface area (Å²) in [6.07, 6.45) is -8.47. The number of hydrogen-bond donors (Lipinski definition) is 1. The Morgan fingerprint density at radius 3 is 1.94 bits per heavy atom. The number of benzene rings is 1. The molecule has 5 nitrogen and oxygen atoms in total. The Bertz CT molecular complexity index is 1080. The highest BCUT2D eigenvalue weighted by molar-refractivity contribution is 9.11. The van der Waals surface area contributed by atoms with E-state index in [0.29, 0.717) is 28.7 Å². The molecular formula is C19H17BrF6N2O3S2. The molecule has 14 heteroatoms. The Kier molecular flexibility index (Phi) is 7.08. The van der Waals surface area contributed by atoms with Crippen molar-refractivity contribution in [1.29, 1.82) is 0 Å². The van der Waals surface area contributed by atoms with Crippen LogP contribution in [-0.4, -0.2) is 61.2 Å². The van der Waals surface area contributed by atoms with E-state index in [1.54, 1.807) is 11.0 Å². The summed E-state index contributed by atoms with van der Waals surface area (Å²) >= 11 is 8.39. The lowest BCUT2D eigenvalue weighted by molar-refractivity contribution is -0.376. The number of alkyl halides is 6. The van der Waals surface area contributed by atoms with Crippen LogP contribution in [0.4, 0.5) is 32.0 Å². The fraction of sp³-hybridized carbons (Fsp3) is 0.421. The minimum atomic E-state index is -5.97. The summed E-state index contributed by atoms with van der Waals surface area (Å²) in [4.78, 5) is 1.92. The third-order valence-electron chi connectivity index (χ3n) is 5.35.